The maximum Gasteiger partial charge on any atom is 0.255 e. The molecule has 0 bridgehead atoms. The molecule has 0 spiro atoms. The summed E-state index contributed by atoms with van der Waals surface area (Å²) in [5, 5.41) is 12.0. The van der Waals surface area contributed by atoms with Gasteiger partial charge in [0.15, 0.2) is 5.82 Å². The topological polar surface area (TPSA) is 63.1 Å². The minimum atomic E-state index is -0.104. The van der Waals surface area contributed by atoms with Gasteiger partial charge in [-0.1, -0.05) is 31.9 Å². The van der Waals surface area contributed by atoms with E-state index in [4.69, 9.17) is 0 Å². The van der Waals surface area contributed by atoms with E-state index in [0.29, 0.717) is 5.56 Å². The van der Waals surface area contributed by atoms with Gasteiger partial charge in [0.1, 0.15) is 5.82 Å². The summed E-state index contributed by atoms with van der Waals surface area (Å²) in [4.78, 5) is 15.2. The first kappa shape index (κ1) is 22.1. The van der Waals surface area contributed by atoms with Crippen molar-refractivity contribution in [3.05, 3.63) is 59.4 Å². The second-order valence-corrected chi connectivity index (χ2v) is 8.71. The predicted octanol–water partition coefficient (Wildman–Crippen LogP) is 5.47. The van der Waals surface area contributed by atoms with Crippen molar-refractivity contribution < 1.29 is 4.79 Å². The maximum atomic E-state index is 12.9. The number of aromatic nitrogens is 3. The van der Waals surface area contributed by atoms with E-state index in [2.05, 4.69) is 45.0 Å². The fourth-order valence-electron chi connectivity index (χ4n) is 4.18. The van der Waals surface area contributed by atoms with Gasteiger partial charge in [-0.2, -0.15) is 0 Å². The van der Waals surface area contributed by atoms with Crippen molar-refractivity contribution in [2.45, 2.75) is 58.9 Å². The number of carbonyl (C=O) groups is 1. The van der Waals surface area contributed by atoms with Crippen LogP contribution in [0.4, 0.5) is 11.4 Å². The van der Waals surface area contributed by atoms with E-state index in [1.54, 1.807) is 0 Å². The summed E-state index contributed by atoms with van der Waals surface area (Å²) in [5.41, 5.74) is 4.59. The van der Waals surface area contributed by atoms with Crippen LogP contribution in [0.1, 0.15) is 60.8 Å². The monoisotopic (exact) mass is 431 g/mol. The Bertz CT molecular complexity index is 1070. The smallest absolute Gasteiger partial charge is 0.255 e. The fourth-order valence-corrected chi connectivity index (χ4v) is 4.18. The SMILES string of the molecule is CCCCN(C)c1ccc(C(=O)Nc2cc(-c3nnc4n3CCCCC4)ccc2C)cc1. The molecule has 6 nitrogen and oxygen atoms in total. The zero-order valence-corrected chi connectivity index (χ0v) is 19.4. The molecule has 6 heteroatoms. The van der Waals surface area contributed by atoms with Crippen molar-refractivity contribution in [1.29, 1.82) is 0 Å². The molecule has 3 aromatic rings. The van der Waals surface area contributed by atoms with Gasteiger partial charge in [-0.15, -0.1) is 10.2 Å². The van der Waals surface area contributed by atoms with Gasteiger partial charge < -0.3 is 14.8 Å². The molecular weight excluding hydrogens is 398 g/mol. The van der Waals surface area contributed by atoms with E-state index in [0.717, 1.165) is 66.5 Å². The lowest BCUT2D eigenvalue weighted by Crippen LogP contribution is -2.18. The predicted molar refractivity (Wildman–Crippen MR) is 130 cm³/mol. The molecule has 0 fully saturated rings. The van der Waals surface area contributed by atoms with Crippen LogP contribution in [0.15, 0.2) is 42.5 Å². The molecule has 0 saturated carbocycles. The molecule has 1 aliphatic heterocycles. The quantitative estimate of drug-likeness (QED) is 0.539. The average molecular weight is 432 g/mol. The molecule has 1 aliphatic rings. The second-order valence-electron chi connectivity index (χ2n) is 8.71. The molecule has 168 valence electrons. The van der Waals surface area contributed by atoms with Gasteiger partial charge in [0.2, 0.25) is 0 Å². The Hall–Kier alpha value is -3.15. The Morgan fingerprint density at radius 1 is 1.09 bits per heavy atom. The summed E-state index contributed by atoms with van der Waals surface area (Å²) in [6.07, 6.45) is 6.85. The van der Waals surface area contributed by atoms with Gasteiger partial charge in [0, 0.05) is 49.1 Å². The average Bonchev–Trinajstić information content (AvgIpc) is 3.06. The number of hydrogen-bond acceptors (Lipinski definition) is 4. The highest BCUT2D eigenvalue weighted by Crippen LogP contribution is 2.27. The second kappa shape index (κ2) is 9.98. The van der Waals surface area contributed by atoms with Crippen LogP contribution in [0, 0.1) is 6.92 Å². The Labute approximate surface area is 190 Å². The van der Waals surface area contributed by atoms with E-state index in [1.807, 2.05) is 43.3 Å². The lowest BCUT2D eigenvalue weighted by Gasteiger charge is -2.19. The highest BCUT2D eigenvalue weighted by atomic mass is 16.1. The van der Waals surface area contributed by atoms with Gasteiger partial charge >= 0.3 is 0 Å². The van der Waals surface area contributed by atoms with Crippen LogP contribution in [0.25, 0.3) is 11.4 Å². The molecule has 1 N–H and O–H groups in total. The molecule has 1 amide bonds. The highest BCUT2D eigenvalue weighted by molar-refractivity contribution is 6.05. The van der Waals surface area contributed by atoms with Crippen molar-refractivity contribution in [2.24, 2.45) is 0 Å². The summed E-state index contributed by atoms with van der Waals surface area (Å²) in [6.45, 7) is 6.17. The van der Waals surface area contributed by atoms with Crippen LogP contribution >= 0.6 is 0 Å². The van der Waals surface area contributed by atoms with Gasteiger partial charge in [-0.05, 0) is 62.1 Å². The van der Waals surface area contributed by atoms with Crippen molar-refractivity contribution in [1.82, 2.24) is 14.8 Å². The highest BCUT2D eigenvalue weighted by Gasteiger charge is 2.17. The number of nitrogens with one attached hydrogen (secondary N) is 1. The van der Waals surface area contributed by atoms with E-state index in [1.165, 1.54) is 19.3 Å². The molecule has 2 aromatic carbocycles. The Kier molecular flexibility index (Phi) is 6.88. The number of rotatable bonds is 7. The lowest BCUT2D eigenvalue weighted by molar-refractivity contribution is 0.102. The van der Waals surface area contributed by atoms with E-state index in [-0.39, 0.29) is 5.91 Å². The molecule has 0 atom stereocenters. The fraction of sp³-hybridized carbons (Fsp3) is 0.423. The van der Waals surface area contributed by atoms with Gasteiger partial charge in [-0.25, -0.2) is 0 Å². The van der Waals surface area contributed by atoms with Crippen LogP contribution in [-0.4, -0.2) is 34.3 Å². The van der Waals surface area contributed by atoms with Crippen LogP contribution in [0.2, 0.25) is 0 Å². The zero-order valence-electron chi connectivity index (χ0n) is 19.4. The molecule has 1 aromatic heterocycles. The molecule has 32 heavy (non-hydrogen) atoms. The summed E-state index contributed by atoms with van der Waals surface area (Å²) in [6, 6.07) is 13.9. The lowest BCUT2D eigenvalue weighted by atomic mass is 10.1. The van der Waals surface area contributed by atoms with Crippen LogP contribution in [0.3, 0.4) is 0 Å². The summed E-state index contributed by atoms with van der Waals surface area (Å²) < 4.78 is 2.23. The van der Waals surface area contributed by atoms with Gasteiger partial charge in [-0.3, -0.25) is 4.79 Å². The number of fused-ring (bicyclic) bond motifs is 1. The van der Waals surface area contributed by atoms with E-state index < -0.39 is 0 Å². The molecule has 4 rings (SSSR count). The first-order valence-corrected chi connectivity index (χ1v) is 11.7. The van der Waals surface area contributed by atoms with Crippen LogP contribution in [0.5, 0.6) is 0 Å². The maximum absolute atomic E-state index is 12.9. The molecule has 0 aliphatic carbocycles. The van der Waals surface area contributed by atoms with E-state index >= 15 is 0 Å². The number of nitrogens with zero attached hydrogens (tertiary/aromatic N) is 4. The standard InChI is InChI=1S/C26H33N5O/c1-4-5-16-30(3)22-14-12-20(13-15-22)26(32)27-23-18-21(11-10-19(23)2)25-29-28-24-9-7-6-8-17-31(24)25/h10-15,18H,4-9,16-17H2,1-3H3,(H,27,32). The molecule has 2 heterocycles. The first-order valence-electron chi connectivity index (χ1n) is 11.7. The Morgan fingerprint density at radius 3 is 2.69 bits per heavy atom. The number of amides is 1. The third kappa shape index (κ3) is 4.85. The molecule has 0 radical (unpaired) electrons. The number of aryl methyl sites for hydroxylation is 2. The summed E-state index contributed by atoms with van der Waals surface area (Å²) >= 11 is 0. The number of anilines is 2. The normalized spacial score (nSPS) is 13.3. The van der Waals surface area contributed by atoms with E-state index in [9.17, 15) is 4.79 Å². The number of benzene rings is 2. The summed E-state index contributed by atoms with van der Waals surface area (Å²) in [7, 11) is 2.09. The van der Waals surface area contributed by atoms with Crippen LogP contribution < -0.4 is 10.2 Å². The molecular formula is C26H33N5O. The minimum absolute atomic E-state index is 0.104. The number of carbonyl (C=O) groups excluding carboxylic acids is 1. The largest absolute Gasteiger partial charge is 0.375 e. The number of unbranched alkanes of at least 4 members (excludes halogenated alkanes) is 1. The third-order valence-corrected chi connectivity index (χ3v) is 6.27. The zero-order chi connectivity index (χ0) is 22.5. The van der Waals surface area contributed by atoms with Crippen LogP contribution in [-0.2, 0) is 13.0 Å². The Balaban J connectivity index is 1.51. The Morgan fingerprint density at radius 2 is 1.91 bits per heavy atom. The molecule has 0 saturated heterocycles. The minimum Gasteiger partial charge on any atom is -0.375 e. The summed E-state index contributed by atoms with van der Waals surface area (Å²) in [5.74, 6) is 1.85. The van der Waals surface area contributed by atoms with Gasteiger partial charge in [0.25, 0.3) is 5.91 Å². The van der Waals surface area contributed by atoms with Crippen molar-refractivity contribution in [3.63, 3.8) is 0 Å². The molecule has 0 unspecified atom stereocenters. The van der Waals surface area contributed by atoms with Crippen molar-refractivity contribution in [2.75, 3.05) is 23.8 Å². The number of hydrogen-bond donors (Lipinski definition) is 1. The first-order chi connectivity index (χ1) is 15.6. The van der Waals surface area contributed by atoms with Gasteiger partial charge in [0.05, 0.1) is 0 Å². The van der Waals surface area contributed by atoms with Crippen molar-refractivity contribution >= 4 is 17.3 Å². The third-order valence-electron chi connectivity index (χ3n) is 6.27. The van der Waals surface area contributed by atoms with Crippen molar-refractivity contribution in [3.8, 4) is 11.4 Å².